The van der Waals surface area contributed by atoms with Crippen LogP contribution in [0.1, 0.15) is 36.0 Å². The second-order valence-electron chi connectivity index (χ2n) is 6.07. The number of ether oxygens (including phenoxy) is 1. The van der Waals surface area contributed by atoms with Gasteiger partial charge in [-0.25, -0.2) is 4.98 Å². The van der Waals surface area contributed by atoms with Crippen molar-refractivity contribution in [3.05, 3.63) is 45.9 Å². The van der Waals surface area contributed by atoms with Crippen molar-refractivity contribution in [2.24, 2.45) is 4.99 Å². The Morgan fingerprint density at radius 1 is 1.20 bits per heavy atom. The van der Waals surface area contributed by atoms with Crippen LogP contribution in [-0.4, -0.2) is 38.2 Å². The standard InChI is InChI=1S/C19H28N4OS/c1-14(2)18-23-16(13-25-18)10-12-22-19(20-3)21-11-9-15-7-5-6-8-17(15)24-4/h5-8,13-14H,9-12H2,1-4H3,(H2,20,21,22). The number of benzene rings is 1. The van der Waals surface area contributed by atoms with Crippen LogP contribution in [0.4, 0.5) is 0 Å². The molecule has 0 saturated heterocycles. The summed E-state index contributed by atoms with van der Waals surface area (Å²) in [6.07, 6.45) is 1.78. The number of nitrogens with zero attached hydrogens (tertiary/aromatic N) is 2. The molecule has 5 nitrogen and oxygen atoms in total. The predicted molar refractivity (Wildman–Crippen MR) is 106 cm³/mol. The quantitative estimate of drug-likeness (QED) is 0.560. The molecule has 0 aliphatic rings. The first kappa shape index (κ1) is 19.2. The maximum absolute atomic E-state index is 5.38. The van der Waals surface area contributed by atoms with E-state index in [1.165, 1.54) is 10.6 Å². The van der Waals surface area contributed by atoms with Gasteiger partial charge in [-0.3, -0.25) is 4.99 Å². The summed E-state index contributed by atoms with van der Waals surface area (Å²) in [6.45, 7) is 5.96. The Bertz CT molecular complexity index is 682. The summed E-state index contributed by atoms with van der Waals surface area (Å²) in [5.74, 6) is 2.24. The number of hydrogen-bond acceptors (Lipinski definition) is 4. The maximum atomic E-state index is 5.38. The van der Waals surface area contributed by atoms with Gasteiger partial charge in [0.25, 0.3) is 0 Å². The average Bonchev–Trinajstić information content (AvgIpc) is 3.10. The predicted octanol–water partition coefficient (Wildman–Crippen LogP) is 3.23. The van der Waals surface area contributed by atoms with Gasteiger partial charge in [-0.2, -0.15) is 0 Å². The third-order valence-electron chi connectivity index (χ3n) is 3.84. The van der Waals surface area contributed by atoms with Crippen molar-refractivity contribution < 1.29 is 4.74 Å². The van der Waals surface area contributed by atoms with Gasteiger partial charge in [0.15, 0.2) is 5.96 Å². The first-order chi connectivity index (χ1) is 12.1. The van der Waals surface area contributed by atoms with Gasteiger partial charge < -0.3 is 15.4 Å². The Kier molecular flexibility index (Phi) is 7.73. The van der Waals surface area contributed by atoms with E-state index in [0.717, 1.165) is 43.3 Å². The molecule has 0 bridgehead atoms. The molecule has 0 atom stereocenters. The summed E-state index contributed by atoms with van der Waals surface area (Å²) in [6, 6.07) is 8.09. The molecule has 2 N–H and O–H groups in total. The van der Waals surface area contributed by atoms with Crippen molar-refractivity contribution in [1.29, 1.82) is 0 Å². The Morgan fingerprint density at radius 3 is 2.56 bits per heavy atom. The highest BCUT2D eigenvalue weighted by Crippen LogP contribution is 2.19. The van der Waals surface area contributed by atoms with Crippen LogP contribution in [0.15, 0.2) is 34.6 Å². The monoisotopic (exact) mass is 360 g/mol. The molecule has 0 spiro atoms. The largest absolute Gasteiger partial charge is 0.496 e. The molecule has 1 aromatic carbocycles. The number of para-hydroxylation sites is 1. The van der Waals surface area contributed by atoms with Crippen LogP contribution in [-0.2, 0) is 12.8 Å². The number of aliphatic imine (C=N–C) groups is 1. The van der Waals surface area contributed by atoms with Crippen molar-refractivity contribution in [3.63, 3.8) is 0 Å². The number of methoxy groups -OCH3 is 1. The van der Waals surface area contributed by atoms with Gasteiger partial charge in [-0.15, -0.1) is 11.3 Å². The van der Waals surface area contributed by atoms with E-state index < -0.39 is 0 Å². The summed E-state index contributed by atoms with van der Waals surface area (Å²) in [4.78, 5) is 8.93. The minimum absolute atomic E-state index is 0.496. The fourth-order valence-corrected chi connectivity index (χ4v) is 3.33. The van der Waals surface area contributed by atoms with Gasteiger partial charge in [-0.05, 0) is 18.1 Å². The molecule has 2 aromatic rings. The van der Waals surface area contributed by atoms with Gasteiger partial charge in [0, 0.05) is 37.9 Å². The molecule has 0 amide bonds. The third-order valence-corrected chi connectivity index (χ3v) is 5.03. The fraction of sp³-hybridized carbons (Fsp3) is 0.474. The Labute approximate surface area is 154 Å². The van der Waals surface area contributed by atoms with Crippen LogP contribution in [0.3, 0.4) is 0 Å². The summed E-state index contributed by atoms with van der Waals surface area (Å²) >= 11 is 1.74. The number of nitrogens with one attached hydrogen (secondary N) is 2. The van der Waals surface area contributed by atoms with E-state index in [4.69, 9.17) is 4.74 Å². The van der Waals surface area contributed by atoms with Crippen molar-refractivity contribution in [2.75, 3.05) is 27.2 Å². The van der Waals surface area contributed by atoms with E-state index in [0.29, 0.717) is 5.92 Å². The molecule has 0 aliphatic heterocycles. The number of guanidine groups is 1. The Hall–Kier alpha value is -2.08. The second kappa shape index (κ2) is 10.0. The zero-order valence-electron chi connectivity index (χ0n) is 15.5. The molecule has 0 aliphatic carbocycles. The third kappa shape index (κ3) is 6.05. The lowest BCUT2D eigenvalue weighted by Crippen LogP contribution is -2.39. The zero-order chi connectivity index (χ0) is 18.1. The van der Waals surface area contributed by atoms with Crippen LogP contribution >= 0.6 is 11.3 Å². The molecular weight excluding hydrogens is 332 g/mol. The molecule has 1 heterocycles. The van der Waals surface area contributed by atoms with E-state index >= 15 is 0 Å². The van der Waals surface area contributed by atoms with Crippen LogP contribution in [0.5, 0.6) is 5.75 Å². The van der Waals surface area contributed by atoms with Crippen LogP contribution in [0.2, 0.25) is 0 Å². The fourth-order valence-electron chi connectivity index (χ4n) is 2.46. The van der Waals surface area contributed by atoms with Crippen molar-refractivity contribution in [1.82, 2.24) is 15.6 Å². The minimum atomic E-state index is 0.496. The molecule has 2 rings (SSSR count). The van der Waals surface area contributed by atoms with Gasteiger partial charge in [0.1, 0.15) is 5.75 Å². The second-order valence-corrected chi connectivity index (χ2v) is 6.96. The van der Waals surface area contributed by atoms with Gasteiger partial charge in [0.05, 0.1) is 17.8 Å². The number of thiazole rings is 1. The van der Waals surface area contributed by atoms with Crippen LogP contribution < -0.4 is 15.4 Å². The molecule has 25 heavy (non-hydrogen) atoms. The summed E-state index contributed by atoms with van der Waals surface area (Å²) in [7, 11) is 3.49. The van der Waals surface area contributed by atoms with E-state index in [1.54, 1.807) is 25.5 Å². The maximum Gasteiger partial charge on any atom is 0.190 e. The highest BCUT2D eigenvalue weighted by atomic mass is 32.1. The molecule has 136 valence electrons. The van der Waals surface area contributed by atoms with E-state index in [2.05, 4.69) is 45.9 Å². The highest BCUT2D eigenvalue weighted by molar-refractivity contribution is 7.09. The molecule has 1 aromatic heterocycles. The van der Waals surface area contributed by atoms with Crippen LogP contribution in [0, 0.1) is 0 Å². The van der Waals surface area contributed by atoms with Crippen LogP contribution in [0.25, 0.3) is 0 Å². The molecule has 0 fully saturated rings. The normalized spacial score (nSPS) is 11.6. The molecular formula is C19H28N4OS. The van der Waals surface area contributed by atoms with E-state index in [1.807, 2.05) is 18.2 Å². The lowest BCUT2D eigenvalue weighted by molar-refractivity contribution is 0.409. The Balaban J connectivity index is 1.73. The zero-order valence-corrected chi connectivity index (χ0v) is 16.3. The SMILES string of the molecule is CN=C(NCCc1csc(C(C)C)n1)NCCc1ccccc1OC. The summed E-state index contributed by atoms with van der Waals surface area (Å²) in [5, 5.41) is 10.0. The van der Waals surface area contributed by atoms with Crippen molar-refractivity contribution >= 4 is 17.3 Å². The number of hydrogen-bond donors (Lipinski definition) is 2. The van der Waals surface area contributed by atoms with Gasteiger partial charge in [-0.1, -0.05) is 32.0 Å². The van der Waals surface area contributed by atoms with Gasteiger partial charge >= 0.3 is 0 Å². The molecule has 6 heteroatoms. The summed E-state index contributed by atoms with van der Waals surface area (Å²) < 4.78 is 5.38. The first-order valence-corrected chi connectivity index (χ1v) is 9.52. The minimum Gasteiger partial charge on any atom is -0.496 e. The first-order valence-electron chi connectivity index (χ1n) is 8.64. The van der Waals surface area contributed by atoms with Crippen molar-refractivity contribution in [2.45, 2.75) is 32.6 Å². The summed E-state index contributed by atoms with van der Waals surface area (Å²) in [5.41, 5.74) is 2.34. The Morgan fingerprint density at radius 2 is 1.92 bits per heavy atom. The lowest BCUT2D eigenvalue weighted by Gasteiger charge is -2.12. The van der Waals surface area contributed by atoms with Crippen molar-refractivity contribution in [3.8, 4) is 5.75 Å². The lowest BCUT2D eigenvalue weighted by atomic mass is 10.1. The van der Waals surface area contributed by atoms with Gasteiger partial charge in [0.2, 0.25) is 0 Å². The van der Waals surface area contributed by atoms with E-state index in [9.17, 15) is 0 Å². The number of rotatable bonds is 8. The smallest absolute Gasteiger partial charge is 0.190 e. The average molecular weight is 361 g/mol. The highest BCUT2D eigenvalue weighted by Gasteiger charge is 2.06. The molecule has 0 saturated carbocycles. The molecule has 0 unspecified atom stereocenters. The van der Waals surface area contributed by atoms with E-state index in [-0.39, 0.29) is 0 Å². The number of aromatic nitrogens is 1. The topological polar surface area (TPSA) is 58.5 Å². The molecule has 0 radical (unpaired) electrons.